The zero-order valence-electron chi connectivity index (χ0n) is 12.7. The van der Waals surface area contributed by atoms with Gasteiger partial charge in [-0.1, -0.05) is 38.4 Å². The van der Waals surface area contributed by atoms with E-state index in [-0.39, 0.29) is 0 Å². The number of nitrogens with zero attached hydrogens (tertiary/aromatic N) is 1. The van der Waals surface area contributed by atoms with E-state index < -0.39 is 0 Å². The van der Waals surface area contributed by atoms with Gasteiger partial charge in [-0.05, 0) is 43.7 Å². The van der Waals surface area contributed by atoms with Gasteiger partial charge in [0, 0.05) is 12.2 Å². The summed E-state index contributed by atoms with van der Waals surface area (Å²) in [5, 5.41) is 3.50. The summed E-state index contributed by atoms with van der Waals surface area (Å²) in [5.41, 5.74) is 8.85. The molecule has 110 valence electrons. The van der Waals surface area contributed by atoms with Crippen molar-refractivity contribution in [3.8, 4) is 0 Å². The SMILES string of the molecule is Cc1cc(C)c(C(N)=S)c(NCC2CCCCC2C)n1. The molecule has 1 aliphatic carbocycles. The van der Waals surface area contributed by atoms with Gasteiger partial charge in [-0.2, -0.15) is 0 Å². The van der Waals surface area contributed by atoms with Gasteiger partial charge in [0.25, 0.3) is 0 Å². The van der Waals surface area contributed by atoms with Gasteiger partial charge in [-0.15, -0.1) is 0 Å². The molecule has 2 unspecified atom stereocenters. The number of nitrogens with two attached hydrogens (primary N) is 1. The third-order valence-corrected chi connectivity index (χ3v) is 4.62. The Balaban J connectivity index is 2.14. The van der Waals surface area contributed by atoms with Crippen molar-refractivity contribution < 1.29 is 0 Å². The number of nitrogens with one attached hydrogen (secondary N) is 1. The number of pyridine rings is 1. The average Bonchev–Trinajstić information content (AvgIpc) is 2.36. The molecule has 0 aliphatic heterocycles. The normalized spacial score (nSPS) is 22.6. The topological polar surface area (TPSA) is 50.9 Å². The van der Waals surface area contributed by atoms with E-state index >= 15 is 0 Å². The van der Waals surface area contributed by atoms with Crippen LogP contribution in [0.5, 0.6) is 0 Å². The smallest absolute Gasteiger partial charge is 0.136 e. The van der Waals surface area contributed by atoms with E-state index in [0.29, 0.717) is 4.99 Å². The van der Waals surface area contributed by atoms with E-state index in [0.717, 1.165) is 41.0 Å². The van der Waals surface area contributed by atoms with Gasteiger partial charge in [0.1, 0.15) is 10.8 Å². The first-order chi connectivity index (χ1) is 9.49. The molecule has 1 aromatic rings. The van der Waals surface area contributed by atoms with E-state index in [1.165, 1.54) is 25.7 Å². The third-order valence-electron chi connectivity index (χ3n) is 4.41. The number of rotatable bonds is 4. The van der Waals surface area contributed by atoms with Gasteiger partial charge >= 0.3 is 0 Å². The van der Waals surface area contributed by atoms with Gasteiger partial charge < -0.3 is 11.1 Å². The Kier molecular flexibility index (Phi) is 4.97. The summed E-state index contributed by atoms with van der Waals surface area (Å²) in [7, 11) is 0. The fourth-order valence-electron chi connectivity index (χ4n) is 3.20. The number of aromatic nitrogens is 1. The van der Waals surface area contributed by atoms with Crippen LogP contribution in [0.3, 0.4) is 0 Å². The van der Waals surface area contributed by atoms with Gasteiger partial charge in [0.2, 0.25) is 0 Å². The maximum Gasteiger partial charge on any atom is 0.136 e. The molecule has 4 heteroatoms. The fourth-order valence-corrected chi connectivity index (χ4v) is 3.46. The zero-order chi connectivity index (χ0) is 14.7. The quantitative estimate of drug-likeness (QED) is 0.833. The lowest BCUT2D eigenvalue weighted by atomic mass is 9.80. The Hall–Kier alpha value is -1.16. The molecule has 20 heavy (non-hydrogen) atoms. The maximum atomic E-state index is 5.85. The first kappa shape index (κ1) is 15.2. The van der Waals surface area contributed by atoms with Crippen LogP contribution in [0.2, 0.25) is 0 Å². The number of thiocarbonyl (C=S) groups is 1. The van der Waals surface area contributed by atoms with Gasteiger partial charge in [-0.25, -0.2) is 4.98 Å². The van der Waals surface area contributed by atoms with Crippen molar-refractivity contribution in [1.82, 2.24) is 4.98 Å². The van der Waals surface area contributed by atoms with E-state index in [1.807, 2.05) is 19.9 Å². The second kappa shape index (κ2) is 6.53. The third kappa shape index (κ3) is 3.48. The van der Waals surface area contributed by atoms with E-state index in [1.54, 1.807) is 0 Å². The average molecular weight is 291 g/mol. The van der Waals surface area contributed by atoms with Crippen molar-refractivity contribution in [2.45, 2.75) is 46.5 Å². The highest BCUT2D eigenvalue weighted by molar-refractivity contribution is 7.80. The molecule has 0 bridgehead atoms. The summed E-state index contributed by atoms with van der Waals surface area (Å²) in [5.74, 6) is 2.37. The standard InChI is InChI=1S/C16H25N3S/c1-10-6-4-5-7-13(10)9-18-16-14(15(17)20)11(2)8-12(3)19-16/h8,10,13H,4-7,9H2,1-3H3,(H2,17,20)(H,18,19). The van der Waals surface area contributed by atoms with Crippen molar-refractivity contribution in [1.29, 1.82) is 0 Å². The van der Waals surface area contributed by atoms with Crippen molar-refractivity contribution in [3.05, 3.63) is 22.9 Å². The molecular formula is C16H25N3S. The van der Waals surface area contributed by atoms with Crippen LogP contribution in [0.15, 0.2) is 6.07 Å². The molecule has 1 heterocycles. The van der Waals surface area contributed by atoms with Crippen LogP contribution in [0.1, 0.15) is 49.4 Å². The van der Waals surface area contributed by atoms with Crippen LogP contribution < -0.4 is 11.1 Å². The predicted molar refractivity (Wildman–Crippen MR) is 89.2 cm³/mol. The van der Waals surface area contributed by atoms with E-state index in [4.69, 9.17) is 18.0 Å². The highest BCUT2D eigenvalue weighted by atomic mass is 32.1. The lowest BCUT2D eigenvalue weighted by molar-refractivity contribution is 0.268. The fraction of sp³-hybridized carbons (Fsp3) is 0.625. The summed E-state index contributed by atoms with van der Waals surface area (Å²) in [6.45, 7) is 7.37. The Morgan fingerprint density at radius 1 is 1.40 bits per heavy atom. The van der Waals surface area contributed by atoms with Crippen LogP contribution in [0.25, 0.3) is 0 Å². The molecule has 1 aliphatic rings. The molecule has 3 N–H and O–H groups in total. The highest BCUT2D eigenvalue weighted by Gasteiger charge is 2.21. The molecule has 0 spiro atoms. The van der Waals surface area contributed by atoms with Crippen LogP contribution >= 0.6 is 12.2 Å². The number of hydrogen-bond donors (Lipinski definition) is 2. The summed E-state index contributed by atoms with van der Waals surface area (Å²) in [6, 6.07) is 2.03. The van der Waals surface area contributed by atoms with Gasteiger partial charge in [0.15, 0.2) is 0 Å². The van der Waals surface area contributed by atoms with Crippen LogP contribution in [-0.2, 0) is 0 Å². The lowest BCUT2D eigenvalue weighted by Crippen LogP contribution is -2.26. The summed E-state index contributed by atoms with van der Waals surface area (Å²) in [4.78, 5) is 5.01. The second-order valence-electron chi connectivity index (χ2n) is 6.07. The maximum absolute atomic E-state index is 5.85. The van der Waals surface area contributed by atoms with Crippen molar-refractivity contribution in [2.75, 3.05) is 11.9 Å². The zero-order valence-corrected chi connectivity index (χ0v) is 13.5. The second-order valence-corrected chi connectivity index (χ2v) is 6.51. The van der Waals surface area contributed by atoms with Crippen LogP contribution in [0, 0.1) is 25.7 Å². The number of aryl methyl sites for hydroxylation is 2. The van der Waals surface area contributed by atoms with Crippen molar-refractivity contribution >= 4 is 23.0 Å². The number of anilines is 1. The van der Waals surface area contributed by atoms with Gasteiger partial charge in [-0.3, -0.25) is 0 Å². The minimum absolute atomic E-state index is 0.425. The molecule has 0 aromatic carbocycles. The van der Waals surface area contributed by atoms with Crippen molar-refractivity contribution in [2.24, 2.45) is 17.6 Å². The largest absolute Gasteiger partial charge is 0.389 e. The molecule has 0 radical (unpaired) electrons. The molecule has 2 rings (SSSR count). The first-order valence-corrected chi connectivity index (χ1v) is 7.91. The molecule has 1 aromatic heterocycles. The monoisotopic (exact) mass is 291 g/mol. The Labute approximate surface area is 127 Å². The first-order valence-electron chi connectivity index (χ1n) is 7.51. The molecule has 3 nitrogen and oxygen atoms in total. The molecular weight excluding hydrogens is 266 g/mol. The minimum atomic E-state index is 0.425. The molecule has 2 atom stereocenters. The lowest BCUT2D eigenvalue weighted by Gasteiger charge is -2.29. The Bertz CT molecular complexity index is 499. The van der Waals surface area contributed by atoms with E-state index in [2.05, 4.69) is 17.2 Å². The molecule has 1 saturated carbocycles. The highest BCUT2D eigenvalue weighted by Crippen LogP contribution is 2.30. The summed E-state index contributed by atoms with van der Waals surface area (Å²) in [6.07, 6.45) is 5.37. The Morgan fingerprint density at radius 2 is 2.10 bits per heavy atom. The Morgan fingerprint density at radius 3 is 2.75 bits per heavy atom. The molecule has 1 fully saturated rings. The molecule has 0 amide bonds. The van der Waals surface area contributed by atoms with Crippen LogP contribution in [-0.4, -0.2) is 16.5 Å². The van der Waals surface area contributed by atoms with E-state index in [9.17, 15) is 0 Å². The molecule has 0 saturated heterocycles. The summed E-state index contributed by atoms with van der Waals surface area (Å²) >= 11 is 5.17. The van der Waals surface area contributed by atoms with Crippen molar-refractivity contribution in [3.63, 3.8) is 0 Å². The minimum Gasteiger partial charge on any atom is -0.389 e. The predicted octanol–water partition coefficient (Wildman–Crippen LogP) is 3.57. The van der Waals surface area contributed by atoms with Crippen LogP contribution in [0.4, 0.5) is 5.82 Å². The summed E-state index contributed by atoms with van der Waals surface area (Å²) < 4.78 is 0. The number of hydrogen-bond acceptors (Lipinski definition) is 3. The van der Waals surface area contributed by atoms with Gasteiger partial charge in [0.05, 0.1) is 5.56 Å².